The van der Waals surface area contributed by atoms with E-state index in [1.54, 1.807) is 52.0 Å². The van der Waals surface area contributed by atoms with Crippen molar-refractivity contribution in [3.05, 3.63) is 48.5 Å². The molecule has 0 saturated heterocycles. The van der Waals surface area contributed by atoms with Gasteiger partial charge in [-0.15, -0.1) is 0 Å². The minimum atomic E-state index is -1.47. The summed E-state index contributed by atoms with van der Waals surface area (Å²) in [5.41, 5.74) is -2.90. The molecule has 14 heteroatoms. The molecule has 244 valence electrons. The lowest BCUT2D eigenvalue weighted by molar-refractivity contribution is -0.135. The van der Waals surface area contributed by atoms with Crippen LogP contribution in [0.2, 0.25) is 0 Å². The number of rotatable bonds is 13. The monoisotopic (exact) mass is 634 g/mol. The molecular weight excluding hydrogens is 596 g/mol. The molecule has 0 aromatic heterocycles. The Labute approximate surface area is 267 Å². The van der Waals surface area contributed by atoms with Crippen molar-refractivity contribution in [2.24, 2.45) is 10.2 Å². The van der Waals surface area contributed by atoms with E-state index in [-0.39, 0.29) is 43.8 Å². The topological polar surface area (TPSA) is 202 Å². The van der Waals surface area contributed by atoms with Gasteiger partial charge >= 0.3 is 24.1 Å². The number of carbonyl (C=O) groups is 4. The summed E-state index contributed by atoms with van der Waals surface area (Å²) in [6.07, 6.45) is -1.85. The smallest absolute Gasteiger partial charge is 0.412 e. The van der Waals surface area contributed by atoms with Gasteiger partial charge in [0.25, 0.3) is 0 Å². The number of ether oxygens (including phenoxy) is 4. The summed E-state index contributed by atoms with van der Waals surface area (Å²) in [4.78, 5) is 48.7. The van der Waals surface area contributed by atoms with Gasteiger partial charge in [0.05, 0.1) is 18.7 Å². The molecule has 0 heterocycles. The summed E-state index contributed by atoms with van der Waals surface area (Å²) in [6.45, 7) is 9.97. The average Bonchev–Trinajstić information content (AvgIpc) is 2.97. The van der Waals surface area contributed by atoms with Gasteiger partial charge in [-0.1, -0.05) is 12.1 Å². The highest BCUT2D eigenvalue weighted by Crippen LogP contribution is 2.26. The zero-order chi connectivity index (χ0) is 34.4. The van der Waals surface area contributed by atoms with Crippen LogP contribution in [0, 0.1) is 22.7 Å². The molecule has 2 aromatic carbocycles. The van der Waals surface area contributed by atoms with Gasteiger partial charge in [0.2, 0.25) is 0 Å². The number of nitrogens with zero attached hydrogens (tertiary/aromatic N) is 4. The second kappa shape index (κ2) is 16.5. The Balaban J connectivity index is 1.93. The van der Waals surface area contributed by atoms with Gasteiger partial charge in [-0.25, -0.2) is 9.59 Å². The van der Waals surface area contributed by atoms with Crippen LogP contribution in [0.1, 0.15) is 67.2 Å². The molecule has 0 radical (unpaired) electrons. The molecule has 0 bridgehead atoms. The summed E-state index contributed by atoms with van der Waals surface area (Å²) in [5.74, 6) is -0.959. The molecule has 0 aliphatic heterocycles. The number of esters is 2. The summed E-state index contributed by atoms with van der Waals surface area (Å²) in [6, 6.07) is 16.3. The normalized spacial score (nSPS) is 13.6. The highest BCUT2D eigenvalue weighted by Gasteiger charge is 2.30. The summed E-state index contributed by atoms with van der Waals surface area (Å²) in [7, 11) is 0. The molecule has 0 spiro atoms. The summed E-state index contributed by atoms with van der Waals surface area (Å²) in [5, 5.41) is 32.7. The second-order valence-electron chi connectivity index (χ2n) is 11.4. The fraction of sp³-hybridized carbons (Fsp3) is 0.438. The summed E-state index contributed by atoms with van der Waals surface area (Å²) >= 11 is 0. The Hall–Kier alpha value is -5.50. The van der Waals surface area contributed by atoms with Crippen molar-refractivity contribution in [3.8, 4) is 23.6 Å². The van der Waals surface area contributed by atoms with E-state index in [0.717, 1.165) is 0 Å². The van der Waals surface area contributed by atoms with Crippen molar-refractivity contribution < 1.29 is 38.1 Å². The molecule has 2 amide bonds. The SMILES string of the molecule is CCOC(=O)Nc1cccc(OC(=O)CCC(C)(C#N)/N=N/C(C)(C#N)CCC(=O)Oc2cccc(NC(=O)OC(C)(C)C)c2)c1. The predicted octanol–water partition coefficient (Wildman–Crippen LogP) is 6.69. The quantitative estimate of drug-likeness (QED) is 0.136. The maximum atomic E-state index is 12.5. The first-order valence-corrected chi connectivity index (χ1v) is 14.4. The van der Waals surface area contributed by atoms with Crippen molar-refractivity contribution in [2.75, 3.05) is 17.2 Å². The van der Waals surface area contributed by atoms with E-state index in [9.17, 15) is 29.7 Å². The number of anilines is 2. The lowest BCUT2D eigenvalue weighted by atomic mass is 9.97. The minimum Gasteiger partial charge on any atom is -0.450 e. The van der Waals surface area contributed by atoms with E-state index in [1.807, 2.05) is 12.1 Å². The molecule has 2 atom stereocenters. The largest absolute Gasteiger partial charge is 0.450 e. The van der Waals surface area contributed by atoms with Crippen LogP contribution in [-0.2, 0) is 19.1 Å². The van der Waals surface area contributed by atoms with Crippen molar-refractivity contribution in [1.29, 1.82) is 10.5 Å². The molecule has 2 unspecified atom stereocenters. The lowest BCUT2D eigenvalue weighted by Crippen LogP contribution is -2.27. The van der Waals surface area contributed by atoms with Crippen molar-refractivity contribution in [2.45, 2.75) is 83.9 Å². The lowest BCUT2D eigenvalue weighted by Gasteiger charge is -2.20. The zero-order valence-electron chi connectivity index (χ0n) is 26.7. The third-order valence-corrected chi connectivity index (χ3v) is 5.90. The second-order valence-corrected chi connectivity index (χ2v) is 11.4. The van der Waals surface area contributed by atoms with Crippen LogP contribution in [-0.4, -0.2) is 47.4 Å². The third kappa shape index (κ3) is 13.4. The molecule has 2 aromatic rings. The van der Waals surface area contributed by atoms with E-state index in [1.165, 1.54) is 38.1 Å². The van der Waals surface area contributed by atoms with Crippen molar-refractivity contribution in [1.82, 2.24) is 0 Å². The maximum absolute atomic E-state index is 12.5. The first kappa shape index (κ1) is 36.7. The predicted molar refractivity (Wildman–Crippen MR) is 166 cm³/mol. The number of benzene rings is 2. The van der Waals surface area contributed by atoms with Gasteiger partial charge in [0, 0.05) is 36.3 Å². The van der Waals surface area contributed by atoms with E-state index in [0.29, 0.717) is 11.4 Å². The molecule has 0 fully saturated rings. The van der Waals surface area contributed by atoms with Crippen molar-refractivity contribution >= 4 is 35.5 Å². The molecular formula is C32H38N6O8. The molecule has 0 aliphatic carbocycles. The fourth-order valence-corrected chi connectivity index (χ4v) is 3.51. The van der Waals surface area contributed by atoms with Gasteiger partial charge in [0.15, 0.2) is 11.1 Å². The maximum Gasteiger partial charge on any atom is 0.412 e. The van der Waals surface area contributed by atoms with Crippen LogP contribution in [0.3, 0.4) is 0 Å². The Bertz CT molecular complexity index is 1520. The number of nitrogens with one attached hydrogen (secondary N) is 2. The molecule has 2 rings (SSSR count). The highest BCUT2D eigenvalue weighted by molar-refractivity contribution is 5.86. The van der Waals surface area contributed by atoms with Gasteiger partial charge in [-0.3, -0.25) is 20.2 Å². The third-order valence-electron chi connectivity index (χ3n) is 5.90. The minimum absolute atomic E-state index is 0.0657. The standard InChI is InChI=1S/C32H38N6O8/c1-7-43-28(41)35-22-10-8-12-24(18-22)44-26(39)14-16-31(5,20-33)37-38-32(6,21-34)17-15-27(40)45-25-13-9-11-23(19-25)36-29(42)46-30(2,3)4/h8-13,18-19H,7,14-17H2,1-6H3,(H,35,41)(H,36,42)/b38-37+. The fourth-order valence-electron chi connectivity index (χ4n) is 3.51. The van der Waals surface area contributed by atoms with Crippen LogP contribution in [0.25, 0.3) is 0 Å². The molecule has 2 N–H and O–H groups in total. The van der Waals surface area contributed by atoms with Crippen LogP contribution >= 0.6 is 0 Å². The van der Waals surface area contributed by atoms with Gasteiger partial charge < -0.3 is 18.9 Å². The van der Waals surface area contributed by atoms with Gasteiger partial charge in [-0.05, 0) is 78.6 Å². The number of carbonyl (C=O) groups excluding carboxylic acids is 4. The van der Waals surface area contributed by atoms with Gasteiger partial charge in [0.1, 0.15) is 17.1 Å². The number of amides is 2. The van der Waals surface area contributed by atoms with Crippen LogP contribution < -0.4 is 20.1 Å². The van der Waals surface area contributed by atoms with Crippen molar-refractivity contribution in [3.63, 3.8) is 0 Å². The Morgan fingerprint density at radius 3 is 1.57 bits per heavy atom. The number of hydrogen-bond donors (Lipinski definition) is 2. The zero-order valence-corrected chi connectivity index (χ0v) is 26.7. The van der Waals surface area contributed by atoms with E-state index in [4.69, 9.17) is 18.9 Å². The number of nitriles is 2. The first-order chi connectivity index (χ1) is 21.6. The van der Waals surface area contributed by atoms with Crippen LogP contribution in [0.4, 0.5) is 21.0 Å². The molecule has 0 aliphatic rings. The highest BCUT2D eigenvalue weighted by atomic mass is 16.6. The number of hydrogen-bond acceptors (Lipinski definition) is 12. The average molecular weight is 635 g/mol. The first-order valence-electron chi connectivity index (χ1n) is 14.4. The van der Waals surface area contributed by atoms with E-state index >= 15 is 0 Å². The summed E-state index contributed by atoms with van der Waals surface area (Å²) < 4.78 is 20.7. The molecule has 14 nitrogen and oxygen atoms in total. The van der Waals surface area contributed by atoms with Gasteiger partial charge in [-0.2, -0.15) is 20.8 Å². The Kier molecular flexibility index (Phi) is 13.2. The van der Waals surface area contributed by atoms with E-state index in [2.05, 4.69) is 20.9 Å². The van der Waals surface area contributed by atoms with Crippen LogP contribution in [0.15, 0.2) is 58.8 Å². The Morgan fingerprint density at radius 1 is 0.739 bits per heavy atom. The number of azo groups is 1. The Morgan fingerprint density at radius 2 is 1.17 bits per heavy atom. The molecule has 0 saturated carbocycles. The van der Waals surface area contributed by atoms with Crippen LogP contribution in [0.5, 0.6) is 11.5 Å². The molecule has 46 heavy (non-hydrogen) atoms. The van der Waals surface area contributed by atoms with E-state index < -0.39 is 40.8 Å².